The summed E-state index contributed by atoms with van der Waals surface area (Å²) in [5.74, 6) is -1.23. The van der Waals surface area contributed by atoms with E-state index < -0.39 is 18.1 Å². The van der Waals surface area contributed by atoms with Gasteiger partial charge in [0.25, 0.3) is 0 Å². The molecule has 2 aromatic carbocycles. The molecule has 0 bridgehead atoms. The van der Waals surface area contributed by atoms with E-state index in [1.807, 2.05) is 36.4 Å². The van der Waals surface area contributed by atoms with Crippen LogP contribution in [-0.4, -0.2) is 45.5 Å². The lowest BCUT2D eigenvalue weighted by Crippen LogP contribution is -2.36. The molecule has 7 nitrogen and oxygen atoms in total. The number of nitrogens with zero attached hydrogens (tertiary/aromatic N) is 3. The minimum atomic E-state index is -1.17. The van der Waals surface area contributed by atoms with Crippen LogP contribution in [-0.2, 0) is 16.6 Å². The number of rotatable bonds is 5. The van der Waals surface area contributed by atoms with Crippen molar-refractivity contribution in [3.8, 4) is 11.1 Å². The Balaban J connectivity index is 1.53. The molecule has 0 aliphatic heterocycles. The van der Waals surface area contributed by atoms with Gasteiger partial charge in [0.05, 0.1) is 6.20 Å². The third-order valence-corrected chi connectivity index (χ3v) is 5.29. The fraction of sp³-hybridized carbons (Fsp3) is 0.227. The second-order valence-corrected chi connectivity index (χ2v) is 7.10. The van der Waals surface area contributed by atoms with Gasteiger partial charge in [0, 0.05) is 31.8 Å². The molecule has 0 radical (unpaired) electrons. The Hall–Kier alpha value is -3.61. The van der Waals surface area contributed by atoms with Gasteiger partial charge in [0.2, 0.25) is 0 Å². The van der Waals surface area contributed by atoms with Crippen LogP contribution in [0, 0.1) is 0 Å². The Morgan fingerprint density at radius 3 is 2.24 bits per heavy atom. The molecule has 7 heteroatoms. The quantitative estimate of drug-likeness (QED) is 0.720. The third-order valence-electron chi connectivity index (χ3n) is 5.29. The molecule has 1 aliphatic carbocycles. The summed E-state index contributed by atoms with van der Waals surface area (Å²) in [6, 6.07) is 14.9. The maximum atomic E-state index is 12.7. The lowest BCUT2D eigenvalue weighted by molar-refractivity contribution is -0.142. The van der Waals surface area contributed by atoms with Crippen LogP contribution >= 0.6 is 0 Å². The zero-order valence-corrected chi connectivity index (χ0v) is 16.1. The first-order valence-electron chi connectivity index (χ1n) is 9.26. The Labute approximate surface area is 168 Å². The molecule has 1 aliphatic rings. The number of hydrogen-bond donors (Lipinski definition) is 1. The minimum Gasteiger partial charge on any atom is -0.479 e. The molecule has 0 spiro atoms. The van der Waals surface area contributed by atoms with Gasteiger partial charge in [-0.2, -0.15) is 5.10 Å². The molecule has 0 saturated carbocycles. The van der Waals surface area contributed by atoms with E-state index in [0.29, 0.717) is 5.56 Å². The zero-order valence-electron chi connectivity index (χ0n) is 16.1. The molecule has 148 valence electrons. The number of aliphatic carboxylic acids is 1. The van der Waals surface area contributed by atoms with Crippen LogP contribution < -0.4 is 0 Å². The normalized spacial score (nSPS) is 13.4. The highest BCUT2D eigenvalue weighted by Crippen LogP contribution is 2.44. The highest BCUT2D eigenvalue weighted by Gasteiger charge is 2.33. The monoisotopic (exact) mass is 391 g/mol. The molecule has 1 unspecified atom stereocenters. The van der Waals surface area contributed by atoms with Crippen molar-refractivity contribution < 1.29 is 19.4 Å². The number of ether oxygens (including phenoxy) is 1. The summed E-state index contributed by atoms with van der Waals surface area (Å²) >= 11 is 0. The van der Waals surface area contributed by atoms with E-state index in [0.717, 1.165) is 27.2 Å². The van der Waals surface area contributed by atoms with Crippen molar-refractivity contribution in [3.63, 3.8) is 0 Å². The van der Waals surface area contributed by atoms with Crippen LogP contribution in [0.25, 0.3) is 11.1 Å². The summed E-state index contributed by atoms with van der Waals surface area (Å²) < 4.78 is 7.05. The summed E-state index contributed by atoms with van der Waals surface area (Å²) in [5, 5.41) is 13.6. The molecule has 3 aromatic rings. The Kier molecular flexibility index (Phi) is 4.80. The topological polar surface area (TPSA) is 84.7 Å². The number of carbonyl (C=O) groups excluding carboxylic acids is 1. The van der Waals surface area contributed by atoms with Crippen molar-refractivity contribution in [2.24, 2.45) is 7.05 Å². The van der Waals surface area contributed by atoms with Gasteiger partial charge in [0.1, 0.15) is 6.61 Å². The van der Waals surface area contributed by atoms with Crippen molar-refractivity contribution in [1.82, 2.24) is 14.7 Å². The van der Waals surface area contributed by atoms with Crippen LogP contribution in [0.5, 0.6) is 0 Å². The Morgan fingerprint density at radius 2 is 1.72 bits per heavy atom. The molecule has 1 amide bonds. The molecule has 1 atom stereocenters. The zero-order chi connectivity index (χ0) is 20.5. The van der Waals surface area contributed by atoms with Gasteiger partial charge < -0.3 is 9.84 Å². The first-order valence-corrected chi connectivity index (χ1v) is 9.26. The maximum absolute atomic E-state index is 12.7. The highest BCUT2D eigenvalue weighted by molar-refractivity contribution is 5.82. The summed E-state index contributed by atoms with van der Waals surface area (Å²) in [6.07, 6.45) is 2.32. The van der Waals surface area contributed by atoms with Crippen molar-refractivity contribution in [2.45, 2.75) is 12.0 Å². The van der Waals surface area contributed by atoms with Crippen LogP contribution in [0.15, 0.2) is 60.9 Å². The largest absolute Gasteiger partial charge is 0.479 e. The lowest BCUT2D eigenvalue weighted by Gasteiger charge is -2.24. The third kappa shape index (κ3) is 3.35. The van der Waals surface area contributed by atoms with E-state index in [-0.39, 0.29) is 12.5 Å². The van der Waals surface area contributed by atoms with Gasteiger partial charge >= 0.3 is 12.1 Å². The summed E-state index contributed by atoms with van der Waals surface area (Å²) in [6.45, 7) is 0.135. The first kappa shape index (κ1) is 18.7. The fourth-order valence-corrected chi connectivity index (χ4v) is 3.91. The number of aromatic nitrogens is 2. The van der Waals surface area contributed by atoms with Crippen LogP contribution in [0.2, 0.25) is 0 Å². The standard InChI is InChI=1S/C22H21N3O4/c1-24-12-14(11-23-24)20(21(26)27)25(2)22(28)29-13-19-17-9-5-3-7-15(17)16-8-4-6-10-18(16)19/h3-12,19-20H,13H2,1-2H3,(H,26,27). The number of benzene rings is 2. The van der Waals surface area contributed by atoms with E-state index in [9.17, 15) is 14.7 Å². The molecule has 1 heterocycles. The molecular formula is C22H21N3O4. The van der Waals surface area contributed by atoms with Crippen molar-refractivity contribution in [2.75, 3.05) is 13.7 Å². The van der Waals surface area contributed by atoms with Gasteiger partial charge in [-0.15, -0.1) is 0 Å². The second kappa shape index (κ2) is 7.43. The van der Waals surface area contributed by atoms with Gasteiger partial charge in [-0.3, -0.25) is 9.58 Å². The number of likely N-dealkylation sites (N-methyl/N-ethyl adjacent to an activating group) is 1. The average molecular weight is 391 g/mol. The molecule has 1 aromatic heterocycles. The number of amides is 1. The van der Waals surface area contributed by atoms with E-state index in [1.54, 1.807) is 13.2 Å². The SMILES string of the molecule is CN(C(=O)OCC1c2ccccc2-c2ccccc21)C(C(=O)O)c1cnn(C)c1. The van der Waals surface area contributed by atoms with Crippen molar-refractivity contribution >= 4 is 12.1 Å². The van der Waals surface area contributed by atoms with Gasteiger partial charge in [-0.05, 0) is 22.3 Å². The summed E-state index contributed by atoms with van der Waals surface area (Å²) in [5.41, 5.74) is 4.89. The number of fused-ring (bicyclic) bond motifs is 3. The predicted octanol–water partition coefficient (Wildman–Crippen LogP) is 3.43. The minimum absolute atomic E-state index is 0.0820. The van der Waals surface area contributed by atoms with Crippen LogP contribution in [0.3, 0.4) is 0 Å². The molecule has 0 fully saturated rings. The molecule has 29 heavy (non-hydrogen) atoms. The van der Waals surface area contributed by atoms with E-state index in [4.69, 9.17) is 4.74 Å². The second-order valence-electron chi connectivity index (χ2n) is 7.10. The summed E-state index contributed by atoms with van der Waals surface area (Å²) in [4.78, 5) is 25.5. The molecule has 0 saturated heterocycles. The van der Waals surface area contributed by atoms with Crippen molar-refractivity contribution in [3.05, 3.63) is 77.6 Å². The van der Waals surface area contributed by atoms with Crippen LogP contribution in [0.1, 0.15) is 28.7 Å². The predicted molar refractivity (Wildman–Crippen MR) is 106 cm³/mol. The Bertz CT molecular complexity index is 1030. The molecule has 1 N–H and O–H groups in total. The van der Waals surface area contributed by atoms with Crippen molar-refractivity contribution in [1.29, 1.82) is 0 Å². The van der Waals surface area contributed by atoms with Gasteiger partial charge in [-0.1, -0.05) is 48.5 Å². The smallest absolute Gasteiger partial charge is 0.410 e. The number of carbonyl (C=O) groups is 2. The van der Waals surface area contributed by atoms with Crippen LogP contribution in [0.4, 0.5) is 4.79 Å². The highest BCUT2D eigenvalue weighted by atomic mass is 16.6. The first-order chi connectivity index (χ1) is 14.0. The number of carboxylic acid groups (broad SMARTS) is 1. The maximum Gasteiger partial charge on any atom is 0.410 e. The summed E-state index contributed by atoms with van der Waals surface area (Å²) in [7, 11) is 3.11. The number of hydrogen-bond acceptors (Lipinski definition) is 4. The van der Waals surface area contributed by atoms with E-state index >= 15 is 0 Å². The molecule has 4 rings (SSSR count). The number of aryl methyl sites for hydroxylation is 1. The van der Waals surface area contributed by atoms with E-state index in [1.165, 1.54) is 17.9 Å². The lowest BCUT2D eigenvalue weighted by atomic mass is 9.98. The molecular weight excluding hydrogens is 370 g/mol. The van der Waals surface area contributed by atoms with Gasteiger partial charge in [0.15, 0.2) is 6.04 Å². The Morgan fingerprint density at radius 1 is 1.14 bits per heavy atom. The average Bonchev–Trinajstić information content (AvgIpc) is 3.27. The number of carboxylic acids is 1. The van der Waals surface area contributed by atoms with E-state index in [2.05, 4.69) is 17.2 Å². The van der Waals surface area contributed by atoms with Gasteiger partial charge in [-0.25, -0.2) is 9.59 Å². The fourth-order valence-electron chi connectivity index (χ4n) is 3.91.